The molecule has 0 aromatic heterocycles. The second-order valence-electron chi connectivity index (χ2n) is 4.43. The molecule has 3 rings (SSSR count). The number of hydrogen-bond acceptors (Lipinski definition) is 5. The van der Waals surface area contributed by atoms with Crippen molar-refractivity contribution in [1.29, 1.82) is 0 Å². The number of fused-ring (bicyclic) bond motifs is 2. The van der Waals surface area contributed by atoms with E-state index in [2.05, 4.69) is 4.90 Å². The summed E-state index contributed by atoms with van der Waals surface area (Å²) in [7, 11) is 2.01. The van der Waals surface area contributed by atoms with E-state index in [0.717, 1.165) is 34.1 Å². The molecule has 1 atom stereocenters. The number of rotatable bonds is 1. The molecule has 1 aromatic rings. The van der Waals surface area contributed by atoms with Crippen molar-refractivity contribution >= 4 is 11.8 Å². The summed E-state index contributed by atoms with van der Waals surface area (Å²) < 4.78 is 10.9. The van der Waals surface area contributed by atoms with Gasteiger partial charge in [-0.3, -0.25) is 4.90 Å². The molecule has 5 heteroatoms. The summed E-state index contributed by atoms with van der Waals surface area (Å²) in [5, 5.41) is 10.2. The lowest BCUT2D eigenvalue weighted by molar-refractivity contribution is 0.105. The molecule has 1 aromatic carbocycles. The largest absolute Gasteiger partial charge is 0.454 e. The molecule has 2 aliphatic rings. The first-order valence-corrected chi connectivity index (χ1v) is 6.79. The fourth-order valence-electron chi connectivity index (χ4n) is 2.52. The summed E-state index contributed by atoms with van der Waals surface area (Å²) in [6, 6.07) is 2.00. The fraction of sp³-hybridized carbons (Fsp3) is 0.500. The van der Waals surface area contributed by atoms with Crippen molar-refractivity contribution in [2.75, 3.05) is 26.6 Å². The van der Waals surface area contributed by atoms with E-state index in [-0.39, 0.29) is 6.79 Å². The van der Waals surface area contributed by atoms with Crippen LogP contribution in [0.5, 0.6) is 11.5 Å². The van der Waals surface area contributed by atoms with E-state index in [9.17, 15) is 5.11 Å². The Morgan fingerprint density at radius 2 is 2.29 bits per heavy atom. The maximum absolute atomic E-state index is 10.2. The third-order valence-corrected chi connectivity index (χ3v) is 4.02. The van der Waals surface area contributed by atoms with E-state index < -0.39 is 6.10 Å². The van der Waals surface area contributed by atoms with E-state index in [1.807, 2.05) is 19.4 Å². The molecule has 0 saturated heterocycles. The molecule has 92 valence electrons. The van der Waals surface area contributed by atoms with Crippen LogP contribution in [0.2, 0.25) is 0 Å². The van der Waals surface area contributed by atoms with Crippen LogP contribution in [0.1, 0.15) is 17.2 Å². The third-order valence-electron chi connectivity index (χ3n) is 3.21. The first-order valence-electron chi connectivity index (χ1n) is 5.56. The summed E-state index contributed by atoms with van der Waals surface area (Å²) in [6.45, 7) is 1.79. The van der Waals surface area contributed by atoms with E-state index in [1.165, 1.54) is 0 Å². The quantitative estimate of drug-likeness (QED) is 0.770. The highest BCUT2D eigenvalue weighted by atomic mass is 32.2. The highest BCUT2D eigenvalue weighted by Gasteiger charge is 2.30. The normalized spacial score (nSPS) is 22.6. The molecular formula is C12H15NO3S. The Morgan fingerprint density at radius 1 is 1.47 bits per heavy atom. The molecule has 4 nitrogen and oxygen atoms in total. The van der Waals surface area contributed by atoms with Gasteiger partial charge in [0.15, 0.2) is 11.5 Å². The number of likely N-dealkylation sites (N-methyl/N-ethyl adjacent to an activating group) is 1. The summed E-state index contributed by atoms with van der Waals surface area (Å²) in [5.41, 5.74) is 2.15. The van der Waals surface area contributed by atoms with E-state index in [4.69, 9.17) is 9.47 Å². The molecule has 17 heavy (non-hydrogen) atoms. The lowest BCUT2D eigenvalue weighted by Gasteiger charge is -2.31. The van der Waals surface area contributed by atoms with Crippen molar-refractivity contribution in [3.05, 3.63) is 17.2 Å². The Kier molecular flexibility index (Phi) is 2.69. The van der Waals surface area contributed by atoms with Crippen molar-refractivity contribution < 1.29 is 14.6 Å². The second-order valence-corrected chi connectivity index (χ2v) is 5.25. The van der Waals surface area contributed by atoms with Crippen LogP contribution < -0.4 is 9.47 Å². The molecule has 2 heterocycles. The minimum atomic E-state index is -0.444. The van der Waals surface area contributed by atoms with Gasteiger partial charge in [-0.05, 0) is 24.9 Å². The summed E-state index contributed by atoms with van der Waals surface area (Å²) in [4.78, 5) is 3.13. The molecule has 0 bridgehead atoms. The number of β-amino-alcohol motifs (C(OH)–C–C–N with tert-alkyl or cyclic N) is 1. The molecule has 0 aliphatic carbocycles. The van der Waals surface area contributed by atoms with Gasteiger partial charge in [-0.15, -0.1) is 11.8 Å². The maximum Gasteiger partial charge on any atom is 0.231 e. The lowest BCUT2D eigenvalue weighted by Crippen LogP contribution is -2.30. The Labute approximate surface area is 105 Å². The van der Waals surface area contributed by atoms with Gasteiger partial charge in [-0.1, -0.05) is 0 Å². The maximum atomic E-state index is 10.2. The topological polar surface area (TPSA) is 41.9 Å². The highest BCUT2D eigenvalue weighted by molar-refractivity contribution is 7.98. The highest BCUT2D eigenvalue weighted by Crippen LogP contribution is 2.47. The van der Waals surface area contributed by atoms with Gasteiger partial charge < -0.3 is 14.6 Å². The predicted octanol–water partition coefficient (Wildman–Crippen LogP) is 1.62. The molecule has 0 spiro atoms. The van der Waals surface area contributed by atoms with Gasteiger partial charge in [0.05, 0.1) is 11.0 Å². The number of aliphatic hydroxyl groups excluding tert-OH is 1. The fourth-order valence-corrected chi connectivity index (χ4v) is 3.35. The Bertz CT molecular complexity index is 464. The average Bonchev–Trinajstić information content (AvgIpc) is 2.73. The van der Waals surface area contributed by atoms with Gasteiger partial charge in [0.25, 0.3) is 0 Å². The smallest absolute Gasteiger partial charge is 0.231 e. The predicted molar refractivity (Wildman–Crippen MR) is 65.6 cm³/mol. The summed E-state index contributed by atoms with van der Waals surface area (Å²) in [5.74, 6) is 1.59. The molecule has 0 saturated carbocycles. The molecule has 1 N–H and O–H groups in total. The van der Waals surface area contributed by atoms with Gasteiger partial charge in [0.1, 0.15) is 0 Å². The molecule has 0 amide bonds. The van der Waals surface area contributed by atoms with E-state index in [0.29, 0.717) is 6.54 Å². The second kappa shape index (κ2) is 4.08. The van der Waals surface area contributed by atoms with Crippen LogP contribution in [-0.4, -0.2) is 36.6 Å². The monoisotopic (exact) mass is 253 g/mol. The van der Waals surface area contributed by atoms with Gasteiger partial charge >= 0.3 is 0 Å². The molecule has 2 aliphatic heterocycles. The average molecular weight is 253 g/mol. The van der Waals surface area contributed by atoms with Crippen molar-refractivity contribution in [2.45, 2.75) is 17.5 Å². The van der Waals surface area contributed by atoms with Gasteiger partial charge in [0.2, 0.25) is 6.79 Å². The Balaban J connectivity index is 2.19. The minimum Gasteiger partial charge on any atom is -0.454 e. The van der Waals surface area contributed by atoms with Gasteiger partial charge in [-0.2, -0.15) is 0 Å². The number of aliphatic hydroxyl groups is 1. The van der Waals surface area contributed by atoms with Gasteiger partial charge in [0, 0.05) is 18.7 Å². The summed E-state index contributed by atoms with van der Waals surface area (Å²) in [6.07, 6.45) is 1.56. The van der Waals surface area contributed by atoms with Crippen molar-refractivity contribution in [2.24, 2.45) is 0 Å². The number of hydrogen-bond donors (Lipinski definition) is 1. The standard InChI is InChI=1S/C12H15NO3S/c1-13-4-7-3-9-11(16-6-15-9)12(17-2)10(7)8(14)5-13/h3,8,14H,4-6H2,1-2H3/t8-/m0/s1. The van der Waals surface area contributed by atoms with Crippen LogP contribution in [0.25, 0.3) is 0 Å². The first kappa shape index (κ1) is 11.2. The lowest BCUT2D eigenvalue weighted by atomic mass is 9.96. The zero-order valence-electron chi connectivity index (χ0n) is 9.90. The first-order chi connectivity index (χ1) is 8.20. The van der Waals surface area contributed by atoms with Crippen LogP contribution in [0.3, 0.4) is 0 Å². The molecular weight excluding hydrogens is 238 g/mol. The van der Waals surface area contributed by atoms with Crippen LogP contribution >= 0.6 is 11.8 Å². The molecule has 0 unspecified atom stereocenters. The van der Waals surface area contributed by atoms with Crippen LogP contribution in [0.4, 0.5) is 0 Å². The minimum absolute atomic E-state index is 0.276. The number of nitrogens with zero attached hydrogens (tertiary/aromatic N) is 1. The van der Waals surface area contributed by atoms with Crippen LogP contribution in [0.15, 0.2) is 11.0 Å². The van der Waals surface area contributed by atoms with Crippen molar-refractivity contribution in [1.82, 2.24) is 4.90 Å². The third kappa shape index (κ3) is 1.69. The molecule has 0 fully saturated rings. The summed E-state index contributed by atoms with van der Waals surface area (Å²) >= 11 is 1.61. The van der Waals surface area contributed by atoms with Crippen molar-refractivity contribution in [3.8, 4) is 11.5 Å². The number of ether oxygens (including phenoxy) is 2. The number of benzene rings is 1. The Morgan fingerprint density at radius 3 is 3.06 bits per heavy atom. The zero-order chi connectivity index (χ0) is 12.0. The van der Waals surface area contributed by atoms with E-state index >= 15 is 0 Å². The van der Waals surface area contributed by atoms with Crippen LogP contribution in [-0.2, 0) is 6.54 Å². The SMILES string of the molecule is CSc1c2c(cc3c1[C@@H](O)CN(C)C3)OCO2. The Hall–Kier alpha value is -0.910. The zero-order valence-corrected chi connectivity index (χ0v) is 10.7. The number of thioether (sulfide) groups is 1. The van der Waals surface area contributed by atoms with E-state index in [1.54, 1.807) is 11.8 Å². The van der Waals surface area contributed by atoms with Crippen molar-refractivity contribution in [3.63, 3.8) is 0 Å². The van der Waals surface area contributed by atoms with Gasteiger partial charge in [-0.25, -0.2) is 0 Å². The molecule has 0 radical (unpaired) electrons. The van der Waals surface area contributed by atoms with Crippen LogP contribution in [0, 0.1) is 0 Å².